The van der Waals surface area contributed by atoms with Gasteiger partial charge in [0.1, 0.15) is 0 Å². The molecular weight excluding hydrogens is 282 g/mol. The molecular formula is C17H17NO2S. The third kappa shape index (κ3) is 2.61. The van der Waals surface area contributed by atoms with Crippen molar-refractivity contribution in [2.75, 3.05) is 19.3 Å². The van der Waals surface area contributed by atoms with E-state index in [9.17, 15) is 9.59 Å². The molecule has 21 heavy (non-hydrogen) atoms. The Kier molecular flexibility index (Phi) is 4.08. The Hall–Kier alpha value is -1.65. The number of Topliss-reactive ketones (excluding diaryl/α,β-unsaturated/α-hetero) is 1. The Morgan fingerprint density at radius 2 is 1.95 bits per heavy atom. The smallest absolute Gasteiger partial charge is 0.239 e. The minimum Gasteiger partial charge on any atom is -0.315 e. The molecule has 0 aromatic heterocycles. The first-order chi connectivity index (χ1) is 10.2. The highest BCUT2D eigenvalue weighted by molar-refractivity contribution is 8.03. The fraction of sp³-hybridized carbons (Fsp3) is 0.294. The molecule has 1 aromatic carbocycles. The Morgan fingerprint density at radius 1 is 1.19 bits per heavy atom. The number of ketones is 2. The molecule has 0 spiro atoms. The lowest BCUT2D eigenvalue weighted by atomic mass is 9.82. The van der Waals surface area contributed by atoms with Crippen LogP contribution in [0.1, 0.15) is 17.9 Å². The molecule has 1 saturated heterocycles. The zero-order chi connectivity index (χ0) is 14.8. The molecule has 3 nitrogen and oxygen atoms in total. The van der Waals surface area contributed by atoms with Crippen molar-refractivity contribution in [2.45, 2.75) is 12.3 Å². The second-order valence-corrected chi connectivity index (χ2v) is 6.04. The molecule has 4 heteroatoms. The predicted molar refractivity (Wildman–Crippen MR) is 85.3 cm³/mol. The van der Waals surface area contributed by atoms with E-state index >= 15 is 0 Å². The Labute approximate surface area is 128 Å². The molecule has 0 amide bonds. The van der Waals surface area contributed by atoms with E-state index in [1.54, 1.807) is 6.08 Å². The first-order valence-corrected chi connectivity index (χ1v) is 8.28. The van der Waals surface area contributed by atoms with Gasteiger partial charge in [-0.3, -0.25) is 9.59 Å². The highest BCUT2D eigenvalue weighted by atomic mass is 32.2. The van der Waals surface area contributed by atoms with Gasteiger partial charge in [-0.1, -0.05) is 30.3 Å². The third-order valence-corrected chi connectivity index (χ3v) is 4.86. The lowest BCUT2D eigenvalue weighted by Crippen LogP contribution is -2.23. The number of hydrogen-bond acceptors (Lipinski definition) is 4. The van der Waals surface area contributed by atoms with Crippen LogP contribution in [0.5, 0.6) is 0 Å². The molecule has 1 N–H and O–H groups in total. The normalized spacial score (nSPS) is 22.7. The standard InChI is InChI=1S/C17H17NO2S/c1-21-17-12-7-8-18-10-14(11-5-3-2-4-6-11)13(12)9-15(19)16(17)20/h2-6,9,14,18H,7-8,10H2,1H3. The van der Waals surface area contributed by atoms with Gasteiger partial charge in [-0.15, -0.1) is 11.8 Å². The molecule has 1 atom stereocenters. The van der Waals surface area contributed by atoms with Gasteiger partial charge in [0, 0.05) is 12.5 Å². The van der Waals surface area contributed by atoms with Gasteiger partial charge in [0.05, 0.1) is 4.91 Å². The van der Waals surface area contributed by atoms with Gasteiger partial charge >= 0.3 is 0 Å². The Morgan fingerprint density at radius 3 is 2.67 bits per heavy atom. The first-order valence-electron chi connectivity index (χ1n) is 7.05. The van der Waals surface area contributed by atoms with E-state index < -0.39 is 0 Å². The monoisotopic (exact) mass is 299 g/mol. The zero-order valence-electron chi connectivity index (χ0n) is 11.9. The SMILES string of the molecule is CSC1=C2CCNCC(c3ccccc3)C2=CC(=O)C1=O. The van der Waals surface area contributed by atoms with Crippen molar-refractivity contribution in [1.29, 1.82) is 0 Å². The average molecular weight is 299 g/mol. The summed E-state index contributed by atoms with van der Waals surface area (Å²) >= 11 is 1.39. The zero-order valence-corrected chi connectivity index (χ0v) is 12.7. The molecule has 0 saturated carbocycles. The average Bonchev–Trinajstić information content (AvgIpc) is 2.72. The van der Waals surface area contributed by atoms with E-state index in [1.807, 2.05) is 24.5 Å². The van der Waals surface area contributed by atoms with E-state index in [4.69, 9.17) is 0 Å². The van der Waals surface area contributed by atoms with Crippen LogP contribution in [0.2, 0.25) is 0 Å². The second-order valence-electron chi connectivity index (χ2n) is 5.22. The molecule has 2 aliphatic rings. The van der Waals surface area contributed by atoms with Crippen molar-refractivity contribution in [2.24, 2.45) is 0 Å². The van der Waals surface area contributed by atoms with Crippen molar-refractivity contribution >= 4 is 23.3 Å². The highest BCUT2D eigenvalue weighted by Crippen LogP contribution is 2.39. The van der Waals surface area contributed by atoms with Crippen molar-refractivity contribution in [3.63, 3.8) is 0 Å². The van der Waals surface area contributed by atoms with Crippen LogP contribution in [-0.2, 0) is 9.59 Å². The Balaban J connectivity index is 2.12. The van der Waals surface area contributed by atoms with Crippen LogP contribution in [0.25, 0.3) is 0 Å². The van der Waals surface area contributed by atoms with E-state index in [2.05, 4.69) is 17.4 Å². The molecule has 108 valence electrons. The summed E-state index contributed by atoms with van der Waals surface area (Å²) in [5.74, 6) is -0.612. The van der Waals surface area contributed by atoms with E-state index in [-0.39, 0.29) is 17.5 Å². The molecule has 1 fully saturated rings. The molecule has 1 aliphatic heterocycles. The van der Waals surface area contributed by atoms with E-state index in [1.165, 1.54) is 17.3 Å². The molecule has 3 rings (SSSR count). The van der Waals surface area contributed by atoms with Gasteiger partial charge in [0.25, 0.3) is 0 Å². The summed E-state index contributed by atoms with van der Waals surface area (Å²) in [6.45, 7) is 1.63. The van der Waals surface area contributed by atoms with Crippen molar-refractivity contribution in [3.05, 3.63) is 58.0 Å². The number of carbonyl (C=O) groups is 2. The third-order valence-electron chi connectivity index (χ3n) is 4.02. The van der Waals surface area contributed by atoms with Crippen molar-refractivity contribution in [3.8, 4) is 0 Å². The summed E-state index contributed by atoms with van der Waals surface area (Å²) in [5.41, 5.74) is 3.24. The van der Waals surface area contributed by atoms with Gasteiger partial charge in [-0.25, -0.2) is 0 Å². The van der Waals surface area contributed by atoms with Crippen LogP contribution in [0.4, 0.5) is 0 Å². The first kappa shape index (κ1) is 14.3. The van der Waals surface area contributed by atoms with Crippen LogP contribution in [-0.4, -0.2) is 30.9 Å². The number of benzene rings is 1. The van der Waals surface area contributed by atoms with Gasteiger partial charge in [-0.05, 0) is 42.0 Å². The summed E-state index contributed by atoms with van der Waals surface area (Å²) in [7, 11) is 0. The van der Waals surface area contributed by atoms with E-state index in [0.29, 0.717) is 4.91 Å². The number of hydrogen-bond donors (Lipinski definition) is 1. The molecule has 1 unspecified atom stereocenters. The molecule has 1 aliphatic carbocycles. The molecule has 1 heterocycles. The largest absolute Gasteiger partial charge is 0.315 e. The maximum absolute atomic E-state index is 12.1. The quantitative estimate of drug-likeness (QED) is 0.673. The van der Waals surface area contributed by atoms with Gasteiger partial charge in [-0.2, -0.15) is 0 Å². The van der Waals surface area contributed by atoms with Crippen LogP contribution < -0.4 is 5.32 Å². The molecule has 0 bridgehead atoms. The Bertz CT molecular complexity index is 646. The minimum atomic E-state index is -0.388. The number of carbonyl (C=O) groups excluding carboxylic acids is 2. The lowest BCUT2D eigenvalue weighted by Gasteiger charge is -2.24. The summed E-state index contributed by atoms with van der Waals surface area (Å²) in [6, 6.07) is 10.2. The number of nitrogens with one attached hydrogen (secondary N) is 1. The van der Waals surface area contributed by atoms with Crippen LogP contribution in [0.3, 0.4) is 0 Å². The van der Waals surface area contributed by atoms with Crippen LogP contribution in [0, 0.1) is 0 Å². The maximum atomic E-state index is 12.1. The fourth-order valence-electron chi connectivity index (χ4n) is 3.01. The number of fused-ring (bicyclic) bond motifs is 1. The number of rotatable bonds is 2. The fourth-order valence-corrected chi connectivity index (χ4v) is 3.76. The highest BCUT2D eigenvalue weighted by Gasteiger charge is 2.33. The maximum Gasteiger partial charge on any atom is 0.239 e. The second kappa shape index (κ2) is 6.00. The number of thioether (sulfide) groups is 1. The summed E-state index contributed by atoms with van der Waals surface area (Å²) in [6.07, 6.45) is 4.22. The van der Waals surface area contributed by atoms with Crippen LogP contribution in [0.15, 0.2) is 52.5 Å². The van der Waals surface area contributed by atoms with Crippen molar-refractivity contribution in [1.82, 2.24) is 5.32 Å². The molecule has 0 radical (unpaired) electrons. The number of allylic oxidation sites excluding steroid dienone is 2. The van der Waals surface area contributed by atoms with Gasteiger partial charge in [0.2, 0.25) is 11.6 Å². The van der Waals surface area contributed by atoms with Crippen molar-refractivity contribution < 1.29 is 9.59 Å². The van der Waals surface area contributed by atoms with E-state index in [0.717, 1.165) is 30.7 Å². The minimum absolute atomic E-state index is 0.128. The summed E-state index contributed by atoms with van der Waals surface area (Å²) in [5, 5.41) is 3.42. The van der Waals surface area contributed by atoms with Gasteiger partial charge < -0.3 is 5.32 Å². The topological polar surface area (TPSA) is 46.2 Å². The predicted octanol–water partition coefficient (Wildman–Crippen LogP) is 2.46. The lowest BCUT2D eigenvalue weighted by molar-refractivity contribution is -0.131. The summed E-state index contributed by atoms with van der Waals surface area (Å²) in [4.78, 5) is 24.7. The summed E-state index contributed by atoms with van der Waals surface area (Å²) < 4.78 is 0. The molecule has 1 aromatic rings. The van der Waals surface area contributed by atoms with Crippen LogP contribution >= 0.6 is 11.8 Å². The van der Waals surface area contributed by atoms with Gasteiger partial charge in [0.15, 0.2) is 0 Å².